The molecule has 0 N–H and O–H groups in total. The van der Waals surface area contributed by atoms with Gasteiger partial charge < -0.3 is 4.79 Å². The average Bonchev–Trinajstić information content (AvgIpc) is 2.11. The maximum atomic E-state index is 12.7. The van der Waals surface area contributed by atoms with Crippen LogP contribution in [0.5, 0.6) is 0 Å². The van der Waals surface area contributed by atoms with E-state index in [0.29, 0.717) is 16.0 Å². The van der Waals surface area contributed by atoms with E-state index in [1.54, 1.807) is 0 Å². The molecule has 0 radical (unpaired) electrons. The molecule has 1 atom stereocenters. The molecule has 0 heterocycles. The molecule has 0 aromatic rings. The molecule has 0 aliphatic heterocycles. The minimum Gasteiger partial charge on any atom is -0.300 e. The first-order chi connectivity index (χ1) is 8.82. The first kappa shape index (κ1) is 21.3. The van der Waals surface area contributed by atoms with Crippen LogP contribution in [0.3, 0.4) is 0 Å². The molecule has 0 aliphatic rings. The summed E-state index contributed by atoms with van der Waals surface area (Å²) in [7, 11) is -4.82. The summed E-state index contributed by atoms with van der Waals surface area (Å²) in [5.74, 6) is 0.475. The predicted molar refractivity (Wildman–Crippen MR) is 106 cm³/mol. The van der Waals surface area contributed by atoms with Crippen molar-refractivity contribution in [2.24, 2.45) is 0 Å². The van der Waals surface area contributed by atoms with Crippen molar-refractivity contribution in [3.8, 4) is 0 Å². The Morgan fingerprint density at radius 2 is 1.10 bits per heavy atom. The zero-order chi connectivity index (χ0) is 17.7. The number of Topliss-reactive ketones (excluding diaryl/α,β-unsaturated/α-hetero) is 1. The van der Waals surface area contributed by atoms with Gasteiger partial charge in [0.05, 0.1) is 15.7 Å². The summed E-state index contributed by atoms with van der Waals surface area (Å²) >= 11 is 0. The summed E-state index contributed by atoms with van der Waals surface area (Å²) in [4.78, 5) is 12.7. The van der Waals surface area contributed by atoms with E-state index in [1.165, 1.54) is 0 Å². The van der Waals surface area contributed by atoms with Crippen molar-refractivity contribution in [2.75, 3.05) is 0 Å². The highest BCUT2D eigenvalue weighted by molar-refractivity contribution is 7.45. The summed E-state index contributed by atoms with van der Waals surface area (Å²) in [6, 6.07) is 0. The van der Waals surface area contributed by atoms with Crippen LogP contribution >= 0.6 is 0 Å². The standard InChI is InChI=1S/C17H40OSi3/c1-14(18)15(19(8,9)16(2,3)4)20(10,11)21(12,13)17(5,6)7/h15H,1-13H3. The Bertz CT molecular complexity index is 395. The van der Waals surface area contributed by atoms with Crippen LogP contribution in [0.25, 0.3) is 0 Å². The molecular formula is C17H40OSi3. The quantitative estimate of drug-likeness (QED) is 0.548. The number of carbonyl (C=O) groups excluding carboxylic acids is 1. The first-order valence-corrected chi connectivity index (χ1v) is 18.5. The molecule has 1 unspecified atom stereocenters. The molecule has 1 nitrogen and oxygen atoms in total. The molecule has 0 fully saturated rings. The van der Waals surface area contributed by atoms with Gasteiger partial charge in [-0.15, -0.1) is 0 Å². The fourth-order valence-corrected chi connectivity index (χ4v) is 32.8. The highest BCUT2D eigenvalue weighted by Crippen LogP contribution is 2.53. The van der Waals surface area contributed by atoms with Crippen LogP contribution in [0.2, 0.25) is 54.5 Å². The van der Waals surface area contributed by atoms with E-state index in [0.717, 1.165) is 0 Å². The van der Waals surface area contributed by atoms with Crippen LogP contribution in [0.1, 0.15) is 48.5 Å². The average molecular weight is 345 g/mol. The van der Waals surface area contributed by atoms with E-state index in [9.17, 15) is 4.79 Å². The van der Waals surface area contributed by atoms with Gasteiger partial charge in [-0.05, 0) is 17.0 Å². The third-order valence-electron chi connectivity index (χ3n) is 7.27. The molecule has 21 heavy (non-hydrogen) atoms. The van der Waals surface area contributed by atoms with Crippen LogP contribution in [0, 0.1) is 0 Å². The Morgan fingerprint density at radius 1 is 0.762 bits per heavy atom. The van der Waals surface area contributed by atoms with Gasteiger partial charge >= 0.3 is 0 Å². The van der Waals surface area contributed by atoms with Gasteiger partial charge in [0.25, 0.3) is 0 Å². The molecule has 0 rings (SSSR count). The zero-order valence-corrected chi connectivity index (χ0v) is 20.0. The second-order valence-electron chi connectivity index (χ2n) is 10.6. The summed E-state index contributed by atoms with van der Waals surface area (Å²) in [6.07, 6.45) is 0. The van der Waals surface area contributed by atoms with E-state index < -0.39 is 23.3 Å². The molecule has 0 saturated carbocycles. The number of carbonyl (C=O) groups is 1. The summed E-state index contributed by atoms with van der Waals surface area (Å²) in [5, 5.41) is 1.00. The van der Waals surface area contributed by atoms with Gasteiger partial charge in [0.2, 0.25) is 0 Å². The topological polar surface area (TPSA) is 17.1 Å². The van der Waals surface area contributed by atoms with Crippen LogP contribution in [0.15, 0.2) is 0 Å². The van der Waals surface area contributed by atoms with Crippen molar-refractivity contribution in [2.45, 2.75) is 103 Å². The van der Waals surface area contributed by atoms with Crippen molar-refractivity contribution in [1.82, 2.24) is 0 Å². The van der Waals surface area contributed by atoms with Crippen LogP contribution in [-0.2, 0) is 4.79 Å². The summed E-state index contributed by atoms with van der Waals surface area (Å²) in [6.45, 7) is 31.2. The monoisotopic (exact) mass is 344 g/mol. The minimum atomic E-state index is -1.67. The fourth-order valence-electron chi connectivity index (χ4n) is 3.68. The minimum absolute atomic E-state index is 0.274. The normalized spacial score (nSPS) is 16.8. The third-order valence-corrected chi connectivity index (χ3v) is 39.8. The smallest absolute Gasteiger partial charge is 0.127 e. The van der Waals surface area contributed by atoms with Crippen LogP contribution in [0.4, 0.5) is 0 Å². The van der Waals surface area contributed by atoms with Gasteiger partial charge in [0, 0.05) is 12.8 Å². The lowest BCUT2D eigenvalue weighted by molar-refractivity contribution is -0.115. The van der Waals surface area contributed by atoms with E-state index >= 15 is 0 Å². The molecule has 126 valence electrons. The molecule has 4 heteroatoms. The van der Waals surface area contributed by atoms with Gasteiger partial charge in [-0.3, -0.25) is 0 Å². The lowest BCUT2D eigenvalue weighted by Gasteiger charge is -2.56. The van der Waals surface area contributed by atoms with E-state index in [4.69, 9.17) is 0 Å². The van der Waals surface area contributed by atoms with Crippen molar-refractivity contribution in [3.63, 3.8) is 0 Å². The molecule has 0 spiro atoms. The Hall–Kier alpha value is 0.321. The maximum Gasteiger partial charge on any atom is 0.127 e. The van der Waals surface area contributed by atoms with E-state index in [2.05, 4.69) is 80.8 Å². The molecule has 0 bridgehead atoms. The Morgan fingerprint density at radius 3 is 1.29 bits per heavy atom. The van der Waals surface area contributed by atoms with Gasteiger partial charge in [-0.1, -0.05) is 80.8 Å². The summed E-state index contributed by atoms with van der Waals surface area (Å²) < 4.78 is 0. The SMILES string of the molecule is CC(=O)C([Si](C)(C)C(C)(C)C)[Si](C)(C)[Si](C)(C)C(C)(C)C. The van der Waals surface area contributed by atoms with Gasteiger partial charge in [-0.25, -0.2) is 0 Å². The molecule has 0 aromatic heterocycles. The number of hydrogen-bond acceptors (Lipinski definition) is 1. The lowest BCUT2D eigenvalue weighted by Crippen LogP contribution is -2.69. The van der Waals surface area contributed by atoms with Crippen LogP contribution < -0.4 is 0 Å². The van der Waals surface area contributed by atoms with Crippen molar-refractivity contribution >= 4 is 29.0 Å². The van der Waals surface area contributed by atoms with E-state index in [-0.39, 0.29) is 5.04 Å². The van der Waals surface area contributed by atoms with E-state index in [1.807, 2.05) is 6.92 Å². The first-order valence-electron chi connectivity index (χ1n) is 8.32. The fraction of sp³-hybridized carbons (Fsp3) is 0.941. The molecule has 0 saturated heterocycles. The molecule has 0 amide bonds. The number of hydrogen-bond donors (Lipinski definition) is 0. The second-order valence-corrected chi connectivity index (χ2v) is 33.1. The van der Waals surface area contributed by atoms with Gasteiger partial charge in [0.15, 0.2) is 0 Å². The predicted octanol–water partition coefficient (Wildman–Crippen LogP) is 6.29. The van der Waals surface area contributed by atoms with Crippen LogP contribution in [-0.4, -0.2) is 29.0 Å². The Labute approximate surface area is 137 Å². The maximum absolute atomic E-state index is 12.7. The molecule has 0 aromatic carbocycles. The third kappa shape index (κ3) is 3.63. The lowest BCUT2D eigenvalue weighted by atomic mass is 10.2. The largest absolute Gasteiger partial charge is 0.300 e. The molecular weight excluding hydrogens is 304 g/mol. The van der Waals surface area contributed by atoms with Crippen molar-refractivity contribution < 1.29 is 4.79 Å². The Kier molecular flexibility index (Phi) is 5.84. The number of rotatable bonds is 4. The van der Waals surface area contributed by atoms with Gasteiger partial charge in [-0.2, -0.15) is 0 Å². The second kappa shape index (κ2) is 5.75. The number of ketones is 1. The molecule has 0 aliphatic carbocycles. The zero-order valence-electron chi connectivity index (χ0n) is 17.0. The Balaban J connectivity index is 6.21. The van der Waals surface area contributed by atoms with Crippen molar-refractivity contribution in [3.05, 3.63) is 0 Å². The van der Waals surface area contributed by atoms with Gasteiger partial charge in [0.1, 0.15) is 5.78 Å². The highest BCUT2D eigenvalue weighted by Gasteiger charge is 2.59. The summed E-state index contributed by atoms with van der Waals surface area (Å²) in [5.41, 5.74) is 0. The highest BCUT2D eigenvalue weighted by atomic mass is 29.3. The van der Waals surface area contributed by atoms with Crippen molar-refractivity contribution in [1.29, 1.82) is 0 Å².